The maximum absolute atomic E-state index is 10.6. The van der Waals surface area contributed by atoms with Crippen molar-refractivity contribution in [3.8, 4) is 0 Å². The molecule has 98 valence electrons. The highest BCUT2D eigenvalue weighted by atomic mass is 31.2. The summed E-state index contributed by atoms with van der Waals surface area (Å²) in [6.45, 7) is 0.449. The standard InChI is InChI=1S/C8H19O7P/c1-12-4-8(5-13-2,6-14-3)7-15-16(9,10)11/h4-7H2,1-3H3,(H2,9,10,11). The fourth-order valence-corrected chi connectivity index (χ4v) is 1.83. The van der Waals surface area contributed by atoms with Crippen molar-refractivity contribution in [3.63, 3.8) is 0 Å². The van der Waals surface area contributed by atoms with E-state index < -0.39 is 13.2 Å². The largest absolute Gasteiger partial charge is 0.469 e. The molecular weight excluding hydrogens is 239 g/mol. The molecule has 0 amide bonds. The summed E-state index contributed by atoms with van der Waals surface area (Å²) in [6.07, 6.45) is 0. The van der Waals surface area contributed by atoms with Crippen LogP contribution in [0.1, 0.15) is 0 Å². The predicted molar refractivity (Wildman–Crippen MR) is 56.1 cm³/mol. The SMILES string of the molecule is COCC(COC)(COC)COP(=O)(O)O. The summed E-state index contributed by atoms with van der Waals surface area (Å²) in [5, 5.41) is 0. The minimum Gasteiger partial charge on any atom is -0.384 e. The van der Waals surface area contributed by atoms with Gasteiger partial charge in [0.05, 0.1) is 31.8 Å². The second kappa shape index (κ2) is 7.34. The summed E-state index contributed by atoms with van der Waals surface area (Å²) in [4.78, 5) is 17.3. The molecule has 0 saturated heterocycles. The number of phosphoric acid groups is 1. The maximum atomic E-state index is 10.6. The molecule has 0 rings (SSSR count). The normalized spacial score (nSPS) is 13.1. The molecule has 0 aromatic heterocycles. The van der Waals surface area contributed by atoms with Gasteiger partial charge in [-0.25, -0.2) is 4.57 Å². The van der Waals surface area contributed by atoms with E-state index in [0.29, 0.717) is 0 Å². The quantitative estimate of drug-likeness (QED) is 0.563. The Morgan fingerprint density at radius 2 is 1.31 bits per heavy atom. The smallest absolute Gasteiger partial charge is 0.384 e. The van der Waals surface area contributed by atoms with E-state index in [1.54, 1.807) is 0 Å². The molecule has 0 aliphatic heterocycles. The van der Waals surface area contributed by atoms with Crippen LogP contribution in [-0.2, 0) is 23.3 Å². The van der Waals surface area contributed by atoms with Crippen molar-refractivity contribution in [2.45, 2.75) is 0 Å². The first-order chi connectivity index (χ1) is 7.39. The summed E-state index contributed by atoms with van der Waals surface area (Å²) in [6, 6.07) is 0. The molecule has 0 fully saturated rings. The molecule has 0 saturated carbocycles. The molecule has 0 radical (unpaired) electrons. The predicted octanol–water partition coefficient (Wildman–Crippen LogP) is 0.0213. The van der Waals surface area contributed by atoms with Crippen LogP contribution in [0, 0.1) is 5.41 Å². The highest BCUT2D eigenvalue weighted by Gasteiger charge is 2.34. The Kier molecular flexibility index (Phi) is 7.34. The first-order valence-corrected chi connectivity index (χ1v) is 6.09. The third-order valence-electron chi connectivity index (χ3n) is 1.89. The zero-order chi connectivity index (χ0) is 12.7. The van der Waals surface area contributed by atoms with Crippen LogP contribution < -0.4 is 0 Å². The lowest BCUT2D eigenvalue weighted by Gasteiger charge is -2.31. The second-order valence-corrected chi connectivity index (χ2v) is 4.80. The summed E-state index contributed by atoms with van der Waals surface area (Å²) in [5.41, 5.74) is -0.723. The van der Waals surface area contributed by atoms with Crippen molar-refractivity contribution in [1.29, 1.82) is 0 Å². The van der Waals surface area contributed by atoms with Gasteiger partial charge in [0.1, 0.15) is 0 Å². The lowest BCUT2D eigenvalue weighted by molar-refractivity contribution is -0.0654. The third-order valence-corrected chi connectivity index (χ3v) is 2.36. The Morgan fingerprint density at radius 3 is 1.56 bits per heavy atom. The van der Waals surface area contributed by atoms with Crippen LogP contribution in [0.3, 0.4) is 0 Å². The molecule has 0 unspecified atom stereocenters. The maximum Gasteiger partial charge on any atom is 0.469 e. The molecule has 0 aromatic rings. The molecule has 2 N–H and O–H groups in total. The van der Waals surface area contributed by atoms with Gasteiger partial charge in [-0.15, -0.1) is 0 Å². The van der Waals surface area contributed by atoms with Gasteiger partial charge in [-0.3, -0.25) is 4.52 Å². The van der Waals surface area contributed by atoms with Crippen LogP contribution in [0.4, 0.5) is 0 Å². The Balaban J connectivity index is 4.52. The molecule has 0 aliphatic rings. The molecule has 8 heteroatoms. The van der Waals surface area contributed by atoms with Gasteiger partial charge >= 0.3 is 7.82 Å². The van der Waals surface area contributed by atoms with Crippen LogP contribution in [0.15, 0.2) is 0 Å². The average Bonchev–Trinajstić information content (AvgIpc) is 2.15. The Labute approximate surface area is 94.9 Å². The zero-order valence-electron chi connectivity index (χ0n) is 9.71. The Hall–Kier alpha value is -0.0100. The Morgan fingerprint density at radius 1 is 0.938 bits per heavy atom. The van der Waals surface area contributed by atoms with Gasteiger partial charge in [0.25, 0.3) is 0 Å². The molecule has 7 nitrogen and oxygen atoms in total. The van der Waals surface area contributed by atoms with Crippen molar-refractivity contribution in [3.05, 3.63) is 0 Å². The van der Waals surface area contributed by atoms with Crippen LogP contribution in [0.2, 0.25) is 0 Å². The summed E-state index contributed by atoms with van der Waals surface area (Å²) in [5.74, 6) is 0. The van der Waals surface area contributed by atoms with Gasteiger partial charge < -0.3 is 24.0 Å². The van der Waals surface area contributed by atoms with E-state index in [9.17, 15) is 4.57 Å². The molecule has 0 heterocycles. The van der Waals surface area contributed by atoms with Gasteiger partial charge in [-0.05, 0) is 0 Å². The van der Waals surface area contributed by atoms with Gasteiger partial charge in [0, 0.05) is 21.3 Å². The molecule has 16 heavy (non-hydrogen) atoms. The molecule has 0 aromatic carbocycles. The first kappa shape index (κ1) is 16.0. The van der Waals surface area contributed by atoms with E-state index >= 15 is 0 Å². The van der Waals surface area contributed by atoms with Gasteiger partial charge in [0.2, 0.25) is 0 Å². The lowest BCUT2D eigenvalue weighted by atomic mass is 9.92. The average molecular weight is 258 g/mol. The van der Waals surface area contributed by atoms with E-state index in [4.69, 9.17) is 24.0 Å². The second-order valence-electron chi connectivity index (χ2n) is 3.56. The fraction of sp³-hybridized carbons (Fsp3) is 1.00. The van der Waals surface area contributed by atoms with Gasteiger partial charge in [0.15, 0.2) is 0 Å². The zero-order valence-corrected chi connectivity index (χ0v) is 10.6. The van der Waals surface area contributed by atoms with E-state index in [1.165, 1.54) is 21.3 Å². The summed E-state index contributed by atoms with van der Waals surface area (Å²) >= 11 is 0. The fourth-order valence-electron chi connectivity index (χ4n) is 1.39. The monoisotopic (exact) mass is 258 g/mol. The van der Waals surface area contributed by atoms with E-state index in [0.717, 1.165) is 0 Å². The van der Waals surface area contributed by atoms with E-state index in [2.05, 4.69) is 4.52 Å². The highest BCUT2D eigenvalue weighted by Crippen LogP contribution is 2.38. The number of rotatable bonds is 9. The van der Waals surface area contributed by atoms with E-state index in [1.807, 2.05) is 0 Å². The van der Waals surface area contributed by atoms with Crippen LogP contribution in [0.5, 0.6) is 0 Å². The minimum absolute atomic E-state index is 0.202. The molecule has 0 bridgehead atoms. The molecule has 0 aliphatic carbocycles. The summed E-state index contributed by atoms with van der Waals surface area (Å²) < 4.78 is 30.1. The van der Waals surface area contributed by atoms with Crippen molar-refractivity contribution in [2.24, 2.45) is 5.41 Å². The van der Waals surface area contributed by atoms with Crippen molar-refractivity contribution < 1.29 is 33.1 Å². The topological polar surface area (TPSA) is 94.5 Å². The third kappa shape index (κ3) is 6.55. The first-order valence-electron chi connectivity index (χ1n) is 4.56. The molecular formula is C8H19O7P. The molecule has 0 spiro atoms. The molecule has 0 atom stereocenters. The lowest BCUT2D eigenvalue weighted by Crippen LogP contribution is -2.40. The van der Waals surface area contributed by atoms with Crippen LogP contribution in [-0.4, -0.2) is 57.5 Å². The van der Waals surface area contributed by atoms with Crippen molar-refractivity contribution in [1.82, 2.24) is 0 Å². The van der Waals surface area contributed by atoms with Gasteiger partial charge in [-0.1, -0.05) is 0 Å². The van der Waals surface area contributed by atoms with Crippen molar-refractivity contribution >= 4 is 7.82 Å². The van der Waals surface area contributed by atoms with E-state index in [-0.39, 0.29) is 26.4 Å². The van der Waals surface area contributed by atoms with Crippen molar-refractivity contribution in [2.75, 3.05) is 47.8 Å². The number of hydrogen-bond donors (Lipinski definition) is 2. The van der Waals surface area contributed by atoms with Crippen LogP contribution in [0.25, 0.3) is 0 Å². The number of phosphoric ester groups is 1. The summed E-state index contributed by atoms with van der Waals surface area (Å²) in [7, 11) is -0.0488. The number of hydrogen-bond acceptors (Lipinski definition) is 5. The number of ether oxygens (including phenoxy) is 3. The highest BCUT2D eigenvalue weighted by molar-refractivity contribution is 7.46. The number of methoxy groups -OCH3 is 3. The van der Waals surface area contributed by atoms with Crippen LogP contribution >= 0.6 is 7.82 Å². The minimum atomic E-state index is -4.50. The Bertz CT molecular complexity index is 209. The van der Waals surface area contributed by atoms with Gasteiger partial charge in [-0.2, -0.15) is 0 Å².